The Bertz CT molecular complexity index is 320. The maximum atomic E-state index is 9.71. The van der Waals surface area contributed by atoms with Crippen LogP contribution in [0.5, 0.6) is 0 Å². The molecule has 0 aromatic rings. The van der Waals surface area contributed by atoms with E-state index in [1.54, 1.807) is 0 Å². The summed E-state index contributed by atoms with van der Waals surface area (Å²) in [5.74, 6) is 0.939. The number of fused-ring (bicyclic) bond motifs is 1. The first kappa shape index (κ1) is 9.47. The first-order chi connectivity index (χ1) is 6.81. The van der Waals surface area contributed by atoms with E-state index in [2.05, 4.69) is 42.5 Å². The van der Waals surface area contributed by atoms with Crippen LogP contribution in [0, 0.1) is 11.8 Å². The van der Waals surface area contributed by atoms with Gasteiger partial charge in [0.25, 0.3) is 0 Å². The van der Waals surface area contributed by atoms with E-state index in [4.69, 9.17) is 0 Å². The van der Waals surface area contributed by atoms with Crippen LogP contribution >= 0.6 is 0 Å². The molecule has 0 heterocycles. The monoisotopic (exact) mass is 188 g/mol. The number of hydrogen-bond acceptors (Lipinski definition) is 1. The summed E-state index contributed by atoms with van der Waals surface area (Å²) < 4.78 is 0. The SMILES string of the molecule is CCC(O)C1=CC2C=CC=CC2C=C1. The molecule has 74 valence electrons. The Balaban J connectivity index is 2.17. The Labute approximate surface area is 85.1 Å². The minimum atomic E-state index is -0.300. The molecular formula is C13H16O. The summed E-state index contributed by atoms with van der Waals surface area (Å²) in [5.41, 5.74) is 1.06. The molecule has 0 amide bonds. The molecule has 0 aromatic heterocycles. The standard InChI is InChI=1S/C13H16O/c1-2-13(14)12-8-7-10-5-3-4-6-11(10)9-12/h3-11,13-14H,2H2,1H3. The predicted molar refractivity (Wildman–Crippen MR) is 58.8 cm³/mol. The fourth-order valence-electron chi connectivity index (χ4n) is 1.96. The third kappa shape index (κ3) is 1.73. The lowest BCUT2D eigenvalue weighted by Gasteiger charge is -2.24. The number of allylic oxidation sites excluding steroid dienone is 6. The first-order valence-corrected chi connectivity index (χ1v) is 5.24. The van der Waals surface area contributed by atoms with Crippen molar-refractivity contribution < 1.29 is 5.11 Å². The molecule has 0 aliphatic heterocycles. The second kappa shape index (κ2) is 3.97. The summed E-state index contributed by atoms with van der Waals surface area (Å²) in [5, 5.41) is 9.71. The smallest absolute Gasteiger partial charge is 0.0784 e. The van der Waals surface area contributed by atoms with Crippen LogP contribution in [0.1, 0.15) is 13.3 Å². The lowest BCUT2D eigenvalue weighted by Crippen LogP contribution is -2.16. The topological polar surface area (TPSA) is 20.2 Å². The van der Waals surface area contributed by atoms with E-state index >= 15 is 0 Å². The summed E-state index contributed by atoms with van der Waals surface area (Å²) in [6.07, 6.45) is 15.5. The van der Waals surface area contributed by atoms with Gasteiger partial charge in [0.1, 0.15) is 0 Å². The molecule has 0 saturated heterocycles. The van der Waals surface area contributed by atoms with Gasteiger partial charge in [0, 0.05) is 11.8 Å². The van der Waals surface area contributed by atoms with Gasteiger partial charge in [-0.2, -0.15) is 0 Å². The van der Waals surface area contributed by atoms with E-state index in [9.17, 15) is 5.11 Å². The van der Waals surface area contributed by atoms with Gasteiger partial charge in [-0.15, -0.1) is 0 Å². The van der Waals surface area contributed by atoms with E-state index in [0.29, 0.717) is 11.8 Å². The number of rotatable bonds is 2. The van der Waals surface area contributed by atoms with E-state index in [0.717, 1.165) is 12.0 Å². The fraction of sp³-hybridized carbons (Fsp3) is 0.385. The van der Waals surface area contributed by atoms with Gasteiger partial charge in [-0.3, -0.25) is 0 Å². The molecule has 0 spiro atoms. The number of hydrogen-bond donors (Lipinski definition) is 1. The van der Waals surface area contributed by atoms with Gasteiger partial charge >= 0.3 is 0 Å². The summed E-state index contributed by atoms with van der Waals surface area (Å²) in [6, 6.07) is 0. The molecule has 1 nitrogen and oxygen atoms in total. The highest BCUT2D eigenvalue weighted by atomic mass is 16.3. The average Bonchev–Trinajstić information content (AvgIpc) is 2.27. The van der Waals surface area contributed by atoms with Gasteiger partial charge in [0.2, 0.25) is 0 Å². The number of aliphatic hydroxyl groups is 1. The normalized spacial score (nSPS) is 31.1. The molecule has 0 saturated carbocycles. The van der Waals surface area contributed by atoms with Gasteiger partial charge in [0.05, 0.1) is 6.10 Å². The van der Waals surface area contributed by atoms with Crippen molar-refractivity contribution in [3.63, 3.8) is 0 Å². The lowest BCUT2D eigenvalue weighted by atomic mass is 9.82. The van der Waals surface area contributed by atoms with E-state index in [-0.39, 0.29) is 6.10 Å². The quantitative estimate of drug-likeness (QED) is 0.706. The maximum Gasteiger partial charge on any atom is 0.0784 e. The van der Waals surface area contributed by atoms with Gasteiger partial charge < -0.3 is 5.11 Å². The fourth-order valence-corrected chi connectivity index (χ4v) is 1.96. The zero-order valence-electron chi connectivity index (χ0n) is 8.43. The van der Waals surface area contributed by atoms with Crippen LogP contribution in [-0.2, 0) is 0 Å². The van der Waals surface area contributed by atoms with Crippen molar-refractivity contribution in [1.29, 1.82) is 0 Å². The van der Waals surface area contributed by atoms with Crippen molar-refractivity contribution in [2.45, 2.75) is 19.4 Å². The Morgan fingerprint density at radius 1 is 1.21 bits per heavy atom. The van der Waals surface area contributed by atoms with Crippen LogP contribution in [0.25, 0.3) is 0 Å². The average molecular weight is 188 g/mol. The zero-order chi connectivity index (χ0) is 9.97. The minimum absolute atomic E-state index is 0.300. The molecule has 1 N–H and O–H groups in total. The second-order valence-corrected chi connectivity index (χ2v) is 3.87. The van der Waals surface area contributed by atoms with Crippen molar-refractivity contribution in [2.75, 3.05) is 0 Å². The van der Waals surface area contributed by atoms with Crippen molar-refractivity contribution in [3.8, 4) is 0 Å². The molecule has 2 rings (SSSR count). The van der Waals surface area contributed by atoms with Crippen LogP contribution in [0.15, 0.2) is 48.1 Å². The highest BCUT2D eigenvalue weighted by Gasteiger charge is 2.19. The Kier molecular flexibility index (Phi) is 2.69. The Morgan fingerprint density at radius 2 is 1.93 bits per heavy atom. The van der Waals surface area contributed by atoms with Gasteiger partial charge in [-0.1, -0.05) is 49.5 Å². The molecule has 2 aliphatic carbocycles. The highest BCUT2D eigenvalue weighted by Crippen LogP contribution is 2.29. The molecule has 0 bridgehead atoms. The molecule has 1 heteroatoms. The molecule has 2 aliphatic rings. The third-order valence-corrected chi connectivity index (χ3v) is 2.89. The molecule has 14 heavy (non-hydrogen) atoms. The lowest BCUT2D eigenvalue weighted by molar-refractivity contribution is 0.209. The summed E-state index contributed by atoms with van der Waals surface area (Å²) in [6.45, 7) is 2.00. The highest BCUT2D eigenvalue weighted by molar-refractivity contribution is 5.35. The van der Waals surface area contributed by atoms with E-state index in [1.165, 1.54) is 0 Å². The largest absolute Gasteiger partial charge is 0.388 e. The molecule has 3 atom stereocenters. The predicted octanol–water partition coefficient (Wildman–Crippen LogP) is 2.61. The third-order valence-electron chi connectivity index (χ3n) is 2.89. The Morgan fingerprint density at radius 3 is 2.64 bits per heavy atom. The molecular weight excluding hydrogens is 172 g/mol. The molecule has 0 radical (unpaired) electrons. The van der Waals surface area contributed by atoms with Gasteiger partial charge in [-0.25, -0.2) is 0 Å². The van der Waals surface area contributed by atoms with Crippen molar-refractivity contribution >= 4 is 0 Å². The summed E-state index contributed by atoms with van der Waals surface area (Å²) in [7, 11) is 0. The maximum absolute atomic E-state index is 9.71. The van der Waals surface area contributed by atoms with Crippen molar-refractivity contribution in [3.05, 3.63) is 48.1 Å². The zero-order valence-corrected chi connectivity index (χ0v) is 8.43. The van der Waals surface area contributed by atoms with Crippen LogP contribution in [0.4, 0.5) is 0 Å². The van der Waals surface area contributed by atoms with Crippen LogP contribution in [0.3, 0.4) is 0 Å². The van der Waals surface area contributed by atoms with E-state index < -0.39 is 0 Å². The molecule has 0 fully saturated rings. The van der Waals surface area contributed by atoms with Crippen LogP contribution in [-0.4, -0.2) is 11.2 Å². The van der Waals surface area contributed by atoms with Gasteiger partial charge in [0.15, 0.2) is 0 Å². The van der Waals surface area contributed by atoms with Crippen molar-refractivity contribution in [2.24, 2.45) is 11.8 Å². The van der Waals surface area contributed by atoms with Crippen molar-refractivity contribution in [1.82, 2.24) is 0 Å². The van der Waals surface area contributed by atoms with Crippen LogP contribution < -0.4 is 0 Å². The number of aliphatic hydroxyl groups excluding tert-OH is 1. The van der Waals surface area contributed by atoms with Gasteiger partial charge in [-0.05, 0) is 12.0 Å². The molecule has 0 aromatic carbocycles. The second-order valence-electron chi connectivity index (χ2n) is 3.87. The summed E-state index contributed by atoms with van der Waals surface area (Å²) >= 11 is 0. The van der Waals surface area contributed by atoms with E-state index in [1.807, 2.05) is 6.92 Å². The van der Waals surface area contributed by atoms with Crippen LogP contribution in [0.2, 0.25) is 0 Å². The minimum Gasteiger partial charge on any atom is -0.388 e. The Hall–Kier alpha value is -1.08. The first-order valence-electron chi connectivity index (χ1n) is 5.24. The molecule has 3 unspecified atom stereocenters. The summed E-state index contributed by atoms with van der Waals surface area (Å²) in [4.78, 5) is 0.